The van der Waals surface area contributed by atoms with Crippen LogP contribution in [0, 0.1) is 13.8 Å². The van der Waals surface area contributed by atoms with Crippen LogP contribution in [0.5, 0.6) is 0 Å². The summed E-state index contributed by atoms with van der Waals surface area (Å²) in [6.07, 6.45) is 0.514. The van der Waals surface area contributed by atoms with Crippen molar-refractivity contribution in [1.29, 1.82) is 0 Å². The number of carbonyl (C=O) groups is 1. The first-order chi connectivity index (χ1) is 13.3. The van der Waals surface area contributed by atoms with Gasteiger partial charge in [-0.2, -0.15) is 5.10 Å². The Labute approximate surface area is 168 Å². The summed E-state index contributed by atoms with van der Waals surface area (Å²) in [7, 11) is -3.06. The van der Waals surface area contributed by atoms with Gasteiger partial charge in [0.05, 0.1) is 28.1 Å². The number of nitrogens with zero attached hydrogens (tertiary/aromatic N) is 2. The van der Waals surface area contributed by atoms with Crippen LogP contribution in [-0.2, 0) is 9.84 Å². The van der Waals surface area contributed by atoms with Crippen LogP contribution in [0.2, 0.25) is 0 Å². The van der Waals surface area contributed by atoms with E-state index in [0.29, 0.717) is 6.42 Å². The topological polar surface area (TPSA) is 81.1 Å². The molecule has 6 nitrogen and oxygen atoms in total. The Morgan fingerprint density at radius 3 is 2.57 bits per heavy atom. The monoisotopic (exact) mass is 415 g/mol. The molecule has 28 heavy (non-hydrogen) atoms. The third kappa shape index (κ3) is 3.88. The van der Waals surface area contributed by atoms with Crippen LogP contribution < -0.4 is 5.32 Å². The Bertz CT molecular complexity index is 1110. The summed E-state index contributed by atoms with van der Waals surface area (Å²) < 4.78 is 25.6. The highest BCUT2D eigenvalue weighted by Crippen LogP contribution is 2.32. The molecule has 1 saturated heterocycles. The lowest BCUT2D eigenvalue weighted by Gasteiger charge is -2.12. The van der Waals surface area contributed by atoms with Crippen LogP contribution >= 0.6 is 11.3 Å². The number of hydrogen-bond acceptors (Lipinski definition) is 5. The molecule has 3 heterocycles. The van der Waals surface area contributed by atoms with Gasteiger partial charge in [-0.25, -0.2) is 8.42 Å². The maximum absolute atomic E-state index is 12.8. The fourth-order valence-electron chi connectivity index (χ4n) is 3.60. The number of hydrogen-bond donors (Lipinski definition) is 1. The normalized spacial score (nSPS) is 18.3. The number of benzene rings is 1. The largest absolute Gasteiger partial charge is 0.321 e. The highest BCUT2D eigenvalue weighted by Gasteiger charge is 2.32. The summed E-state index contributed by atoms with van der Waals surface area (Å²) in [5.74, 6) is -0.0844. The molecule has 0 aliphatic carbocycles. The lowest BCUT2D eigenvalue weighted by atomic mass is 10.1. The fraction of sp³-hybridized carbons (Fsp3) is 0.300. The van der Waals surface area contributed by atoms with Crippen molar-refractivity contribution in [3.63, 3.8) is 0 Å². The van der Waals surface area contributed by atoms with Crippen molar-refractivity contribution < 1.29 is 13.2 Å². The zero-order valence-corrected chi connectivity index (χ0v) is 17.3. The number of aromatic nitrogens is 2. The second kappa shape index (κ2) is 7.18. The molecule has 1 atom stereocenters. The van der Waals surface area contributed by atoms with Crippen LogP contribution in [0.3, 0.4) is 0 Å². The fourth-order valence-corrected chi connectivity index (χ4v) is 6.03. The minimum atomic E-state index is -3.06. The zero-order valence-electron chi connectivity index (χ0n) is 15.7. The summed E-state index contributed by atoms with van der Waals surface area (Å²) in [6, 6.07) is 11.2. The molecule has 4 rings (SSSR count). The van der Waals surface area contributed by atoms with Crippen molar-refractivity contribution in [1.82, 2.24) is 9.78 Å². The number of amides is 1. The Balaban J connectivity index is 1.68. The van der Waals surface area contributed by atoms with Gasteiger partial charge in [-0.05, 0) is 61.0 Å². The van der Waals surface area contributed by atoms with Crippen LogP contribution in [-0.4, -0.2) is 35.6 Å². The van der Waals surface area contributed by atoms with E-state index in [-0.39, 0.29) is 29.1 Å². The molecule has 0 radical (unpaired) electrons. The second-order valence-corrected chi connectivity index (χ2v) is 10.4. The molecule has 0 saturated carbocycles. The van der Waals surface area contributed by atoms with Gasteiger partial charge in [0.1, 0.15) is 0 Å². The quantitative estimate of drug-likeness (QED) is 0.702. The van der Waals surface area contributed by atoms with Gasteiger partial charge in [-0.1, -0.05) is 12.1 Å². The van der Waals surface area contributed by atoms with Crippen molar-refractivity contribution in [2.24, 2.45) is 0 Å². The summed E-state index contributed by atoms with van der Waals surface area (Å²) in [5, 5.41) is 9.36. The zero-order chi connectivity index (χ0) is 19.9. The summed E-state index contributed by atoms with van der Waals surface area (Å²) in [5.41, 5.74) is 3.92. The molecule has 0 unspecified atom stereocenters. The first-order valence-electron chi connectivity index (χ1n) is 9.04. The number of sulfone groups is 1. The maximum Gasteiger partial charge on any atom is 0.276 e. The molecule has 0 bridgehead atoms. The average molecular weight is 416 g/mol. The number of carbonyl (C=O) groups excluding carboxylic acids is 1. The second-order valence-electron chi connectivity index (χ2n) is 7.22. The highest BCUT2D eigenvalue weighted by atomic mass is 32.2. The van der Waals surface area contributed by atoms with Crippen LogP contribution in [0.1, 0.15) is 34.1 Å². The van der Waals surface area contributed by atoms with Crippen molar-refractivity contribution in [3.05, 3.63) is 58.6 Å². The smallest absolute Gasteiger partial charge is 0.276 e. The minimum Gasteiger partial charge on any atom is -0.321 e. The van der Waals surface area contributed by atoms with Crippen molar-refractivity contribution >= 4 is 32.8 Å². The van der Waals surface area contributed by atoms with E-state index in [2.05, 4.69) is 10.4 Å². The third-order valence-corrected chi connectivity index (χ3v) is 7.42. The van der Waals surface area contributed by atoms with E-state index in [1.807, 2.05) is 49.6 Å². The Kier molecular flexibility index (Phi) is 4.84. The van der Waals surface area contributed by atoms with Gasteiger partial charge in [0.25, 0.3) is 5.91 Å². The molecule has 8 heteroatoms. The van der Waals surface area contributed by atoms with E-state index >= 15 is 0 Å². The van der Waals surface area contributed by atoms with Gasteiger partial charge in [0.2, 0.25) is 0 Å². The van der Waals surface area contributed by atoms with Crippen molar-refractivity contribution in [2.45, 2.75) is 26.3 Å². The van der Waals surface area contributed by atoms with E-state index in [9.17, 15) is 13.2 Å². The molecular formula is C20H21N3O3S2. The predicted molar refractivity (Wildman–Crippen MR) is 112 cm³/mol. The number of nitrogens with one attached hydrogen (secondary N) is 1. The maximum atomic E-state index is 12.8. The highest BCUT2D eigenvalue weighted by molar-refractivity contribution is 7.91. The molecule has 0 spiro atoms. The van der Waals surface area contributed by atoms with E-state index in [1.165, 1.54) is 11.3 Å². The van der Waals surface area contributed by atoms with Gasteiger partial charge in [-0.3, -0.25) is 9.48 Å². The van der Waals surface area contributed by atoms with Gasteiger partial charge >= 0.3 is 0 Å². The van der Waals surface area contributed by atoms with Gasteiger partial charge < -0.3 is 5.32 Å². The number of anilines is 1. The number of rotatable bonds is 4. The SMILES string of the molecule is Cc1cc(C)cc(NC(=O)c2cc(-c3cccs3)n([C@@H]3CCS(=O)(=O)C3)n2)c1. The summed E-state index contributed by atoms with van der Waals surface area (Å²) in [6.45, 7) is 3.96. The Morgan fingerprint density at radius 1 is 1.21 bits per heavy atom. The lowest BCUT2D eigenvalue weighted by molar-refractivity contribution is 0.102. The van der Waals surface area contributed by atoms with Crippen molar-refractivity contribution in [2.75, 3.05) is 16.8 Å². The molecule has 1 aliphatic heterocycles. The van der Waals surface area contributed by atoms with Crippen molar-refractivity contribution in [3.8, 4) is 10.6 Å². The predicted octanol–water partition coefficient (Wildman–Crippen LogP) is 3.84. The first kappa shape index (κ1) is 18.9. The number of thiophene rings is 1. The lowest BCUT2D eigenvalue weighted by Crippen LogP contribution is -2.16. The molecule has 1 aromatic carbocycles. The minimum absolute atomic E-state index is 0.0607. The number of aryl methyl sites for hydroxylation is 2. The summed E-state index contributed by atoms with van der Waals surface area (Å²) >= 11 is 1.54. The van der Waals surface area contributed by atoms with Crippen LogP contribution in [0.25, 0.3) is 10.6 Å². The average Bonchev–Trinajstić information content (AvgIpc) is 3.31. The Hall–Kier alpha value is -2.45. The molecule has 1 fully saturated rings. The van der Waals surface area contributed by atoms with E-state index in [4.69, 9.17) is 0 Å². The molecule has 2 aromatic heterocycles. The van der Waals surface area contributed by atoms with E-state index in [0.717, 1.165) is 27.4 Å². The molecule has 1 aliphatic rings. The first-order valence-corrected chi connectivity index (χ1v) is 11.7. The van der Waals surface area contributed by atoms with E-state index < -0.39 is 9.84 Å². The van der Waals surface area contributed by atoms with Crippen LogP contribution in [0.4, 0.5) is 5.69 Å². The molecular weight excluding hydrogens is 394 g/mol. The standard InChI is InChI=1S/C20H21N3O3S2/c1-13-8-14(2)10-15(9-13)21-20(24)17-11-18(19-4-3-6-27-19)23(22-17)16-5-7-28(25,26)12-16/h3-4,6,8-11,16H,5,7,12H2,1-2H3,(H,21,24)/t16-/m1/s1. The Morgan fingerprint density at radius 2 is 1.96 bits per heavy atom. The van der Waals surface area contributed by atoms with Gasteiger partial charge in [0, 0.05) is 5.69 Å². The van der Waals surface area contributed by atoms with E-state index in [1.54, 1.807) is 10.7 Å². The van der Waals surface area contributed by atoms with Crippen LogP contribution in [0.15, 0.2) is 41.8 Å². The molecule has 1 N–H and O–H groups in total. The molecule has 146 valence electrons. The van der Waals surface area contributed by atoms with Gasteiger partial charge in [-0.15, -0.1) is 11.3 Å². The third-order valence-electron chi connectivity index (χ3n) is 4.78. The molecule has 3 aromatic rings. The summed E-state index contributed by atoms with van der Waals surface area (Å²) in [4.78, 5) is 13.8. The molecule has 1 amide bonds. The van der Waals surface area contributed by atoms with Gasteiger partial charge in [0.15, 0.2) is 15.5 Å².